The molecule has 0 aromatic carbocycles. The highest BCUT2D eigenvalue weighted by Crippen LogP contribution is 2.05. The molecule has 0 bridgehead atoms. The molecule has 1 nitrogen and oxygen atoms in total. The minimum Gasteiger partial charge on any atom is -0.324 e. The molecule has 4 heteroatoms. The molecule has 0 saturated heterocycles. The second kappa shape index (κ2) is 2.63. The van der Waals surface area contributed by atoms with Gasteiger partial charge in [0.25, 0.3) is 0 Å². The molecule has 0 rings (SSSR count). The molecule has 0 aromatic rings. The van der Waals surface area contributed by atoms with Crippen molar-refractivity contribution in [1.29, 1.82) is 0 Å². The van der Waals surface area contributed by atoms with Crippen LogP contribution in [0, 0.1) is 0 Å². The molecule has 0 radical (unpaired) electrons. The van der Waals surface area contributed by atoms with Crippen LogP contribution >= 0.6 is 0 Å². The summed E-state index contributed by atoms with van der Waals surface area (Å²) in [4.78, 5) is 0. The molecular formula is C3H4F3N. The summed E-state index contributed by atoms with van der Waals surface area (Å²) >= 11 is 0. The van der Waals surface area contributed by atoms with Crippen LogP contribution in [-0.4, -0.2) is 6.54 Å². The van der Waals surface area contributed by atoms with Crippen LogP contribution in [0.5, 0.6) is 0 Å². The van der Waals surface area contributed by atoms with Crippen LogP contribution in [0.3, 0.4) is 0 Å². The lowest BCUT2D eigenvalue weighted by Crippen LogP contribution is -1.98. The molecule has 0 atom stereocenters. The fraction of sp³-hybridized carbons (Fsp3) is 0.333. The van der Waals surface area contributed by atoms with Crippen LogP contribution in [0.15, 0.2) is 11.9 Å². The first-order valence-electron chi connectivity index (χ1n) is 1.58. The molecule has 0 aromatic heterocycles. The van der Waals surface area contributed by atoms with Gasteiger partial charge in [-0.15, -0.1) is 0 Å². The first-order valence-corrected chi connectivity index (χ1v) is 1.58. The van der Waals surface area contributed by atoms with Gasteiger partial charge in [0.05, 0.1) is 6.54 Å². The predicted octanol–water partition coefficient (Wildman–Crippen LogP) is 1.02. The maximum atomic E-state index is 11.3. The fourth-order valence-electron chi connectivity index (χ4n) is 0.0772. The van der Waals surface area contributed by atoms with Gasteiger partial charge >= 0.3 is 6.08 Å². The average molecular weight is 111 g/mol. The molecule has 0 aliphatic heterocycles. The maximum absolute atomic E-state index is 11.3. The number of nitrogens with two attached hydrogens (primary N) is 1. The van der Waals surface area contributed by atoms with Crippen molar-refractivity contribution in [3.8, 4) is 0 Å². The minimum absolute atomic E-state index is 0.720. The zero-order chi connectivity index (χ0) is 5.86. The predicted molar refractivity (Wildman–Crippen MR) is 19.4 cm³/mol. The zero-order valence-corrected chi connectivity index (χ0v) is 3.42. The molecule has 0 fully saturated rings. The molecule has 7 heavy (non-hydrogen) atoms. The van der Waals surface area contributed by atoms with E-state index in [0.29, 0.717) is 0 Å². The van der Waals surface area contributed by atoms with Gasteiger partial charge in [0.1, 0.15) is 0 Å². The van der Waals surface area contributed by atoms with Crippen LogP contribution in [0.2, 0.25) is 0 Å². The van der Waals surface area contributed by atoms with E-state index in [1.54, 1.807) is 0 Å². The van der Waals surface area contributed by atoms with E-state index in [1.165, 1.54) is 0 Å². The van der Waals surface area contributed by atoms with E-state index in [4.69, 9.17) is 0 Å². The molecule has 0 aliphatic rings. The molecule has 0 spiro atoms. The standard InChI is InChI=1S/C3H4F3N/c4-2(1-7)3(5)6/h1,7H2. The van der Waals surface area contributed by atoms with Crippen molar-refractivity contribution in [2.45, 2.75) is 0 Å². The van der Waals surface area contributed by atoms with Crippen molar-refractivity contribution in [1.82, 2.24) is 0 Å². The Labute approximate surface area is 38.6 Å². The topological polar surface area (TPSA) is 26.0 Å². The highest BCUT2D eigenvalue weighted by molar-refractivity contribution is 4.91. The third-order valence-electron chi connectivity index (χ3n) is 0.384. The molecular weight excluding hydrogens is 107 g/mol. The molecule has 0 saturated carbocycles. The van der Waals surface area contributed by atoms with Crippen LogP contribution in [0.25, 0.3) is 0 Å². The Morgan fingerprint density at radius 1 is 1.29 bits per heavy atom. The van der Waals surface area contributed by atoms with E-state index >= 15 is 0 Å². The third kappa shape index (κ3) is 2.22. The SMILES string of the molecule is NCC(F)=C(F)F. The quantitative estimate of drug-likeness (QED) is 0.537. The number of hydrogen-bond acceptors (Lipinski definition) is 1. The van der Waals surface area contributed by atoms with Gasteiger partial charge in [-0.25, -0.2) is 4.39 Å². The summed E-state index contributed by atoms with van der Waals surface area (Å²) in [6.45, 7) is -0.720. The summed E-state index contributed by atoms with van der Waals surface area (Å²) in [5, 5.41) is 0. The molecule has 42 valence electrons. The number of hydrogen-bond donors (Lipinski definition) is 1. The van der Waals surface area contributed by atoms with Crippen LogP contribution in [-0.2, 0) is 0 Å². The minimum atomic E-state index is -2.33. The Morgan fingerprint density at radius 2 is 1.71 bits per heavy atom. The number of rotatable bonds is 1. The van der Waals surface area contributed by atoms with Crippen molar-refractivity contribution in [2.24, 2.45) is 5.73 Å². The summed E-state index contributed by atoms with van der Waals surface area (Å²) in [6, 6.07) is 0. The molecule has 0 amide bonds. The second-order valence-electron chi connectivity index (χ2n) is 0.869. The Bertz CT molecular complexity index is 84.2. The van der Waals surface area contributed by atoms with Gasteiger partial charge in [-0.3, -0.25) is 0 Å². The molecule has 0 heterocycles. The lowest BCUT2D eigenvalue weighted by molar-refractivity contribution is 0.376. The smallest absolute Gasteiger partial charge is 0.302 e. The Morgan fingerprint density at radius 3 is 1.71 bits per heavy atom. The highest BCUT2D eigenvalue weighted by atomic mass is 19.3. The lowest BCUT2D eigenvalue weighted by Gasteiger charge is -1.82. The maximum Gasteiger partial charge on any atom is 0.302 e. The molecule has 0 aliphatic carbocycles. The van der Waals surface area contributed by atoms with E-state index in [9.17, 15) is 13.2 Å². The van der Waals surface area contributed by atoms with Gasteiger partial charge in [0, 0.05) is 0 Å². The number of halogens is 3. The van der Waals surface area contributed by atoms with Crippen LogP contribution in [0.1, 0.15) is 0 Å². The molecule has 2 N–H and O–H groups in total. The van der Waals surface area contributed by atoms with Gasteiger partial charge in [0.2, 0.25) is 0 Å². The van der Waals surface area contributed by atoms with Crippen LogP contribution in [0.4, 0.5) is 13.2 Å². The van der Waals surface area contributed by atoms with E-state index in [2.05, 4.69) is 5.73 Å². The monoisotopic (exact) mass is 111 g/mol. The third-order valence-corrected chi connectivity index (χ3v) is 0.384. The Kier molecular flexibility index (Phi) is 2.44. The van der Waals surface area contributed by atoms with Gasteiger partial charge in [-0.2, -0.15) is 8.78 Å². The second-order valence-corrected chi connectivity index (χ2v) is 0.869. The summed E-state index contributed by atoms with van der Waals surface area (Å²) < 4.78 is 33.0. The zero-order valence-electron chi connectivity index (χ0n) is 3.42. The first-order chi connectivity index (χ1) is 3.18. The Hall–Kier alpha value is -0.510. The van der Waals surface area contributed by atoms with Crippen molar-refractivity contribution >= 4 is 0 Å². The van der Waals surface area contributed by atoms with Crippen molar-refractivity contribution in [3.63, 3.8) is 0 Å². The summed E-state index contributed by atoms with van der Waals surface area (Å²) in [6.07, 6.45) is -2.33. The first kappa shape index (κ1) is 6.49. The normalized spacial score (nSPS) is 8.57. The summed E-state index contributed by atoms with van der Waals surface area (Å²) in [5.41, 5.74) is 4.46. The summed E-state index contributed by atoms with van der Waals surface area (Å²) in [7, 11) is 0. The van der Waals surface area contributed by atoms with E-state index in [0.717, 1.165) is 0 Å². The van der Waals surface area contributed by atoms with Gasteiger partial charge in [-0.05, 0) is 0 Å². The average Bonchev–Trinajstić information content (AvgIpc) is 1.65. The van der Waals surface area contributed by atoms with Crippen LogP contribution < -0.4 is 5.73 Å². The molecule has 0 unspecified atom stereocenters. The van der Waals surface area contributed by atoms with Gasteiger partial charge in [-0.1, -0.05) is 0 Å². The van der Waals surface area contributed by atoms with Gasteiger partial charge < -0.3 is 5.73 Å². The van der Waals surface area contributed by atoms with Crippen molar-refractivity contribution in [2.75, 3.05) is 6.54 Å². The highest BCUT2D eigenvalue weighted by Gasteiger charge is 1.98. The Balaban J connectivity index is 3.72. The lowest BCUT2D eigenvalue weighted by atomic mass is 10.6. The summed E-state index contributed by atoms with van der Waals surface area (Å²) in [5.74, 6) is -1.54. The van der Waals surface area contributed by atoms with Gasteiger partial charge in [0.15, 0.2) is 5.83 Å². The van der Waals surface area contributed by atoms with Crippen molar-refractivity contribution < 1.29 is 13.2 Å². The van der Waals surface area contributed by atoms with E-state index < -0.39 is 18.5 Å². The van der Waals surface area contributed by atoms with E-state index in [1.807, 2.05) is 0 Å². The van der Waals surface area contributed by atoms with Crippen molar-refractivity contribution in [3.05, 3.63) is 11.9 Å². The van der Waals surface area contributed by atoms with E-state index in [-0.39, 0.29) is 0 Å². The largest absolute Gasteiger partial charge is 0.324 e. The fourth-order valence-corrected chi connectivity index (χ4v) is 0.0772.